The van der Waals surface area contributed by atoms with E-state index in [4.69, 9.17) is 11.6 Å². The van der Waals surface area contributed by atoms with Gasteiger partial charge in [-0.25, -0.2) is 24.3 Å². The fourth-order valence-electron chi connectivity index (χ4n) is 4.51. The SMILES string of the molecule is Clc1ccc2ncccc2n1.c1cnc2ccc(-n3cccn3)nc2c1.c1cnn(-c2ccc3c(n2)CCCC3)c1. The van der Waals surface area contributed by atoms with Crippen LogP contribution in [0.25, 0.3) is 33.7 Å². The van der Waals surface area contributed by atoms with E-state index in [9.17, 15) is 0 Å². The number of aromatic nitrogens is 9. The number of nitrogens with zero attached hydrogens (tertiary/aromatic N) is 9. The topological polar surface area (TPSA) is 100 Å². The molecule has 0 atom stereocenters. The molecule has 202 valence electrons. The predicted molar refractivity (Wildman–Crippen MR) is 159 cm³/mol. The number of fused-ring (bicyclic) bond motifs is 3. The van der Waals surface area contributed by atoms with Crippen molar-refractivity contribution < 1.29 is 0 Å². The lowest BCUT2D eigenvalue weighted by Crippen LogP contribution is -2.08. The van der Waals surface area contributed by atoms with Gasteiger partial charge in [0, 0.05) is 42.9 Å². The highest BCUT2D eigenvalue weighted by atomic mass is 35.5. The Balaban J connectivity index is 0.000000112. The van der Waals surface area contributed by atoms with Crippen LogP contribution in [0.2, 0.25) is 5.15 Å². The van der Waals surface area contributed by atoms with E-state index in [-0.39, 0.29) is 0 Å². The van der Waals surface area contributed by atoms with Crippen molar-refractivity contribution >= 4 is 33.7 Å². The molecule has 1 aliphatic carbocycles. The summed E-state index contributed by atoms with van der Waals surface area (Å²) in [7, 11) is 0. The number of hydrogen-bond acceptors (Lipinski definition) is 7. The van der Waals surface area contributed by atoms with Gasteiger partial charge in [-0.15, -0.1) is 0 Å². The summed E-state index contributed by atoms with van der Waals surface area (Å²) < 4.78 is 3.54. The fraction of sp³-hybridized carbons (Fsp3) is 0.129. The molecule has 8 rings (SSSR count). The Morgan fingerprint density at radius 2 is 1.15 bits per heavy atom. The summed E-state index contributed by atoms with van der Waals surface area (Å²) in [6.45, 7) is 0. The first kappa shape index (κ1) is 26.2. The van der Waals surface area contributed by atoms with Crippen molar-refractivity contribution in [3.05, 3.63) is 126 Å². The van der Waals surface area contributed by atoms with Crippen LogP contribution in [-0.2, 0) is 12.8 Å². The van der Waals surface area contributed by atoms with E-state index in [0.29, 0.717) is 5.15 Å². The smallest absolute Gasteiger partial charge is 0.154 e. The maximum absolute atomic E-state index is 5.68. The Hall–Kier alpha value is -5.02. The van der Waals surface area contributed by atoms with Gasteiger partial charge in [-0.1, -0.05) is 17.7 Å². The fourth-order valence-corrected chi connectivity index (χ4v) is 4.67. The molecule has 9 nitrogen and oxygen atoms in total. The molecule has 0 unspecified atom stereocenters. The molecule has 0 spiro atoms. The van der Waals surface area contributed by atoms with Crippen LogP contribution in [0.1, 0.15) is 24.1 Å². The molecule has 7 aromatic heterocycles. The van der Waals surface area contributed by atoms with E-state index in [1.807, 2.05) is 71.7 Å². The van der Waals surface area contributed by atoms with Gasteiger partial charge in [0.05, 0.1) is 22.1 Å². The zero-order valence-electron chi connectivity index (χ0n) is 22.1. The molecule has 0 bridgehead atoms. The van der Waals surface area contributed by atoms with Gasteiger partial charge in [-0.3, -0.25) is 9.97 Å². The van der Waals surface area contributed by atoms with Gasteiger partial charge in [-0.2, -0.15) is 10.2 Å². The second-order valence-corrected chi connectivity index (χ2v) is 9.66. The van der Waals surface area contributed by atoms with Crippen LogP contribution in [0.4, 0.5) is 0 Å². The lowest BCUT2D eigenvalue weighted by atomic mass is 9.96. The highest BCUT2D eigenvalue weighted by Crippen LogP contribution is 2.20. The van der Waals surface area contributed by atoms with Gasteiger partial charge in [0.25, 0.3) is 0 Å². The molecule has 7 aromatic rings. The average molecular weight is 560 g/mol. The van der Waals surface area contributed by atoms with Crippen LogP contribution in [-0.4, -0.2) is 44.5 Å². The normalized spacial score (nSPS) is 12.1. The van der Waals surface area contributed by atoms with Crippen molar-refractivity contribution in [2.24, 2.45) is 0 Å². The summed E-state index contributed by atoms with van der Waals surface area (Å²) in [5.74, 6) is 1.74. The van der Waals surface area contributed by atoms with Gasteiger partial charge in [0.1, 0.15) is 5.15 Å². The standard InChI is InChI=1S/C12H13N3.C11H8N4.C8H5ClN2/c1-2-5-11-10(4-1)6-7-12(14-11)15-9-3-8-13-15;1-3-10-9(12-6-1)4-5-11(14-10)15-8-2-7-13-15;9-8-4-3-6-7(11-8)2-1-5-10-6/h3,6-9H,1-2,4-5H2;1-8H;1-5H. The number of rotatable bonds is 2. The van der Waals surface area contributed by atoms with Crippen LogP contribution in [0.15, 0.2) is 110 Å². The molecular formula is C31H26ClN9. The van der Waals surface area contributed by atoms with E-state index in [1.54, 1.807) is 35.5 Å². The third-order valence-corrected chi connectivity index (χ3v) is 6.72. The number of aryl methyl sites for hydroxylation is 2. The Kier molecular flexibility index (Phi) is 7.95. The third kappa shape index (κ3) is 6.42. The molecule has 0 radical (unpaired) electrons. The molecule has 41 heavy (non-hydrogen) atoms. The monoisotopic (exact) mass is 559 g/mol. The highest BCUT2D eigenvalue weighted by molar-refractivity contribution is 6.29. The van der Waals surface area contributed by atoms with Gasteiger partial charge >= 0.3 is 0 Å². The number of halogens is 1. The minimum atomic E-state index is 0.505. The van der Waals surface area contributed by atoms with Crippen molar-refractivity contribution in [3.63, 3.8) is 0 Å². The van der Waals surface area contributed by atoms with E-state index < -0.39 is 0 Å². The van der Waals surface area contributed by atoms with Gasteiger partial charge in [-0.05, 0) is 98.0 Å². The van der Waals surface area contributed by atoms with Gasteiger partial charge < -0.3 is 0 Å². The third-order valence-electron chi connectivity index (χ3n) is 6.51. The second-order valence-electron chi connectivity index (χ2n) is 9.27. The van der Waals surface area contributed by atoms with Crippen molar-refractivity contribution in [2.75, 3.05) is 0 Å². The summed E-state index contributed by atoms with van der Waals surface area (Å²) in [6.07, 6.45) is 15.7. The molecule has 0 saturated carbocycles. The Morgan fingerprint density at radius 1 is 0.537 bits per heavy atom. The zero-order valence-corrected chi connectivity index (χ0v) is 22.9. The van der Waals surface area contributed by atoms with E-state index >= 15 is 0 Å². The Morgan fingerprint density at radius 3 is 1.83 bits per heavy atom. The second kappa shape index (κ2) is 12.4. The number of hydrogen-bond donors (Lipinski definition) is 0. The first-order chi connectivity index (χ1) is 20.2. The number of pyridine rings is 5. The lowest BCUT2D eigenvalue weighted by Gasteiger charge is -2.15. The molecule has 7 heterocycles. The van der Waals surface area contributed by atoms with E-state index in [0.717, 1.165) is 40.1 Å². The van der Waals surface area contributed by atoms with Crippen LogP contribution in [0, 0.1) is 0 Å². The predicted octanol–water partition coefficient (Wildman–Crippen LogP) is 6.24. The minimum Gasteiger partial charge on any atom is -0.255 e. The Bertz CT molecular complexity index is 1870. The van der Waals surface area contributed by atoms with Crippen LogP contribution in [0.3, 0.4) is 0 Å². The van der Waals surface area contributed by atoms with Gasteiger partial charge in [0.15, 0.2) is 11.6 Å². The molecule has 0 N–H and O–H groups in total. The van der Waals surface area contributed by atoms with Crippen LogP contribution in [0.5, 0.6) is 0 Å². The molecule has 0 fully saturated rings. The summed E-state index contributed by atoms with van der Waals surface area (Å²) in [6, 6.07) is 23.0. The minimum absolute atomic E-state index is 0.505. The molecular weight excluding hydrogens is 534 g/mol. The first-order valence-corrected chi connectivity index (χ1v) is 13.7. The molecule has 1 aliphatic rings. The summed E-state index contributed by atoms with van der Waals surface area (Å²) in [5.41, 5.74) is 6.15. The van der Waals surface area contributed by atoms with Crippen molar-refractivity contribution in [1.29, 1.82) is 0 Å². The van der Waals surface area contributed by atoms with E-state index in [1.165, 1.54) is 30.5 Å². The summed E-state index contributed by atoms with van der Waals surface area (Å²) in [4.78, 5) is 21.5. The first-order valence-electron chi connectivity index (χ1n) is 13.3. The van der Waals surface area contributed by atoms with Crippen molar-refractivity contribution in [3.8, 4) is 11.6 Å². The highest BCUT2D eigenvalue weighted by Gasteiger charge is 2.11. The maximum Gasteiger partial charge on any atom is 0.154 e. The van der Waals surface area contributed by atoms with Crippen molar-refractivity contribution in [1.82, 2.24) is 44.5 Å². The largest absolute Gasteiger partial charge is 0.255 e. The molecule has 0 aromatic carbocycles. The van der Waals surface area contributed by atoms with Gasteiger partial charge in [0.2, 0.25) is 0 Å². The molecule has 0 amide bonds. The molecule has 0 saturated heterocycles. The molecule has 10 heteroatoms. The quantitative estimate of drug-likeness (QED) is 0.231. The zero-order chi connectivity index (χ0) is 27.9. The lowest BCUT2D eigenvalue weighted by molar-refractivity contribution is 0.662. The van der Waals surface area contributed by atoms with Crippen molar-refractivity contribution in [2.45, 2.75) is 25.7 Å². The van der Waals surface area contributed by atoms with Crippen LogP contribution < -0.4 is 0 Å². The Labute approximate surface area is 241 Å². The van der Waals surface area contributed by atoms with E-state index in [2.05, 4.69) is 47.2 Å². The van der Waals surface area contributed by atoms with Crippen LogP contribution >= 0.6 is 11.6 Å². The summed E-state index contributed by atoms with van der Waals surface area (Å²) in [5, 5.41) is 8.82. The molecule has 0 aliphatic heterocycles. The average Bonchev–Trinajstić information content (AvgIpc) is 3.77. The maximum atomic E-state index is 5.68. The summed E-state index contributed by atoms with van der Waals surface area (Å²) >= 11 is 5.68.